The van der Waals surface area contributed by atoms with Gasteiger partial charge in [0.2, 0.25) is 26.0 Å². The number of carbonyl (C=O) groups excluding carboxylic acids is 1. The summed E-state index contributed by atoms with van der Waals surface area (Å²) in [5.41, 5.74) is 1.91. The number of aryl methyl sites for hydroxylation is 2. The first-order chi connectivity index (χ1) is 13.8. The van der Waals surface area contributed by atoms with Crippen molar-refractivity contribution in [3.8, 4) is 0 Å². The lowest BCUT2D eigenvalue weighted by atomic mass is 10.1. The Bertz CT molecular complexity index is 1150. The first-order valence-corrected chi connectivity index (χ1v) is 12.6. The van der Waals surface area contributed by atoms with Crippen LogP contribution in [0.5, 0.6) is 0 Å². The highest BCUT2D eigenvalue weighted by Gasteiger charge is 2.22. The van der Waals surface area contributed by atoms with Crippen LogP contribution < -0.4 is 14.3 Å². The summed E-state index contributed by atoms with van der Waals surface area (Å²) in [4.78, 5) is 12.0. The van der Waals surface area contributed by atoms with Gasteiger partial charge in [-0.15, -0.1) is 0 Å². The number of anilines is 2. The van der Waals surface area contributed by atoms with E-state index in [0.29, 0.717) is 21.8 Å². The van der Waals surface area contributed by atoms with Crippen molar-refractivity contribution >= 4 is 48.9 Å². The molecule has 0 unspecified atom stereocenters. The molecule has 0 heterocycles. The molecule has 0 radical (unpaired) electrons. The molecule has 2 aromatic carbocycles. The Kier molecular flexibility index (Phi) is 7.51. The number of nitrogens with zero attached hydrogens (tertiary/aromatic N) is 1. The van der Waals surface area contributed by atoms with E-state index in [9.17, 15) is 21.6 Å². The zero-order valence-corrected chi connectivity index (χ0v) is 19.5. The van der Waals surface area contributed by atoms with Crippen LogP contribution in [0.3, 0.4) is 0 Å². The number of nitrogens with one attached hydrogen (secondary N) is 2. The van der Waals surface area contributed by atoms with Crippen molar-refractivity contribution in [2.24, 2.45) is 0 Å². The van der Waals surface area contributed by atoms with E-state index in [2.05, 4.69) is 10.0 Å². The second-order valence-corrected chi connectivity index (χ2v) is 11.0. The molecule has 30 heavy (non-hydrogen) atoms. The SMILES string of the molecule is Cc1cc(C)c(S(=O)(=O)NCCC(=O)Nc2ccc(Cl)cc2)cc1N(C)S(C)(=O)=O. The van der Waals surface area contributed by atoms with Crippen molar-refractivity contribution in [3.63, 3.8) is 0 Å². The summed E-state index contributed by atoms with van der Waals surface area (Å²) < 4.78 is 52.6. The largest absolute Gasteiger partial charge is 0.326 e. The third-order valence-corrected chi connectivity index (χ3v) is 7.44. The number of benzene rings is 2. The molecule has 11 heteroatoms. The Hall–Kier alpha value is -2.14. The van der Waals surface area contributed by atoms with Gasteiger partial charge in [-0.3, -0.25) is 9.10 Å². The van der Waals surface area contributed by atoms with E-state index in [1.165, 1.54) is 13.1 Å². The van der Waals surface area contributed by atoms with Gasteiger partial charge in [0, 0.05) is 30.7 Å². The van der Waals surface area contributed by atoms with Gasteiger partial charge in [0.25, 0.3) is 0 Å². The summed E-state index contributed by atoms with van der Waals surface area (Å²) in [7, 11) is -6.15. The number of carbonyl (C=O) groups is 1. The Morgan fingerprint density at radius 2 is 1.63 bits per heavy atom. The van der Waals surface area contributed by atoms with E-state index >= 15 is 0 Å². The molecule has 8 nitrogen and oxygen atoms in total. The normalized spacial score (nSPS) is 11.9. The molecule has 0 aliphatic rings. The van der Waals surface area contributed by atoms with Gasteiger partial charge in [0.1, 0.15) is 0 Å². The predicted octanol–water partition coefficient (Wildman–Crippen LogP) is 2.66. The van der Waals surface area contributed by atoms with Crippen molar-refractivity contribution in [1.82, 2.24) is 4.72 Å². The molecule has 2 aromatic rings. The summed E-state index contributed by atoms with van der Waals surface area (Å²) >= 11 is 5.79. The smallest absolute Gasteiger partial charge is 0.240 e. The lowest BCUT2D eigenvalue weighted by Crippen LogP contribution is -2.29. The molecule has 2 rings (SSSR count). The Morgan fingerprint density at radius 3 is 2.20 bits per heavy atom. The summed E-state index contributed by atoms with van der Waals surface area (Å²) in [5, 5.41) is 3.19. The van der Waals surface area contributed by atoms with E-state index < -0.39 is 20.0 Å². The zero-order chi connectivity index (χ0) is 22.7. The average Bonchev–Trinajstić information content (AvgIpc) is 2.62. The molecule has 0 saturated heterocycles. The van der Waals surface area contributed by atoms with Crippen LogP contribution in [0, 0.1) is 13.8 Å². The molecular weight excluding hydrogens is 450 g/mol. The Balaban J connectivity index is 2.11. The number of hydrogen-bond donors (Lipinski definition) is 2. The maximum absolute atomic E-state index is 12.7. The minimum atomic E-state index is -3.95. The fraction of sp³-hybridized carbons (Fsp3) is 0.316. The van der Waals surface area contributed by atoms with Crippen LogP contribution in [0.25, 0.3) is 0 Å². The molecular formula is C19H24ClN3O5S2. The minimum absolute atomic E-state index is 0.0447. The predicted molar refractivity (Wildman–Crippen MR) is 119 cm³/mol. The van der Waals surface area contributed by atoms with Crippen molar-refractivity contribution in [2.45, 2.75) is 25.2 Å². The van der Waals surface area contributed by atoms with Crippen molar-refractivity contribution in [1.29, 1.82) is 0 Å². The number of halogens is 1. The molecule has 0 spiro atoms. The van der Waals surface area contributed by atoms with Gasteiger partial charge in [-0.25, -0.2) is 21.6 Å². The Labute approximate surface area is 182 Å². The lowest BCUT2D eigenvalue weighted by Gasteiger charge is -2.21. The molecule has 0 atom stereocenters. The van der Waals surface area contributed by atoms with Crippen LogP contribution in [0.2, 0.25) is 5.02 Å². The monoisotopic (exact) mass is 473 g/mol. The molecule has 0 saturated carbocycles. The highest BCUT2D eigenvalue weighted by molar-refractivity contribution is 7.92. The van der Waals surface area contributed by atoms with Gasteiger partial charge >= 0.3 is 0 Å². The molecule has 0 bridgehead atoms. The number of rotatable bonds is 8. The van der Waals surface area contributed by atoms with Crippen LogP contribution in [0.4, 0.5) is 11.4 Å². The topological polar surface area (TPSA) is 113 Å². The summed E-state index contributed by atoms with van der Waals surface area (Å²) in [5.74, 6) is -0.363. The third-order valence-electron chi connectivity index (χ3n) is 4.39. The van der Waals surface area contributed by atoms with Gasteiger partial charge in [-0.05, 0) is 55.3 Å². The van der Waals surface area contributed by atoms with Crippen LogP contribution in [-0.2, 0) is 24.8 Å². The van der Waals surface area contributed by atoms with Gasteiger partial charge < -0.3 is 5.32 Å². The second kappa shape index (κ2) is 9.34. The summed E-state index contributed by atoms with van der Waals surface area (Å²) in [6.07, 6.45) is 0.959. The minimum Gasteiger partial charge on any atom is -0.326 e. The van der Waals surface area contributed by atoms with Crippen molar-refractivity contribution < 1.29 is 21.6 Å². The number of hydrogen-bond acceptors (Lipinski definition) is 5. The second-order valence-electron chi connectivity index (χ2n) is 6.84. The van der Waals surface area contributed by atoms with Gasteiger partial charge in [-0.1, -0.05) is 17.7 Å². The van der Waals surface area contributed by atoms with E-state index in [1.54, 1.807) is 44.2 Å². The number of amides is 1. The van der Waals surface area contributed by atoms with Gasteiger partial charge in [0.15, 0.2) is 0 Å². The zero-order valence-electron chi connectivity index (χ0n) is 17.1. The maximum atomic E-state index is 12.7. The molecule has 2 N–H and O–H groups in total. The first-order valence-electron chi connectivity index (χ1n) is 8.91. The number of sulfonamides is 2. The standard InChI is InChI=1S/C19H24ClN3O5S2/c1-13-11-14(2)18(12-17(13)23(3)29(4,25)26)30(27,28)21-10-9-19(24)22-16-7-5-15(20)6-8-16/h5-8,11-12,21H,9-10H2,1-4H3,(H,22,24). The van der Waals surface area contributed by atoms with Gasteiger partial charge in [0.05, 0.1) is 16.8 Å². The average molecular weight is 474 g/mol. The van der Waals surface area contributed by atoms with Crippen LogP contribution >= 0.6 is 11.6 Å². The van der Waals surface area contributed by atoms with Crippen LogP contribution in [0.1, 0.15) is 17.5 Å². The molecule has 0 aliphatic heterocycles. The van der Waals surface area contributed by atoms with Crippen molar-refractivity contribution in [3.05, 3.63) is 52.5 Å². The fourth-order valence-corrected chi connectivity index (χ4v) is 4.72. The third kappa shape index (κ3) is 6.18. The highest BCUT2D eigenvalue weighted by atomic mass is 35.5. The molecule has 0 aromatic heterocycles. The van der Waals surface area contributed by atoms with E-state index in [0.717, 1.165) is 10.6 Å². The van der Waals surface area contributed by atoms with E-state index in [4.69, 9.17) is 11.6 Å². The summed E-state index contributed by atoms with van der Waals surface area (Å²) in [6.45, 7) is 3.21. The molecule has 1 amide bonds. The maximum Gasteiger partial charge on any atom is 0.240 e. The van der Waals surface area contributed by atoms with Crippen LogP contribution in [-0.4, -0.2) is 42.6 Å². The van der Waals surface area contributed by atoms with Crippen molar-refractivity contribution in [2.75, 3.05) is 29.5 Å². The fourth-order valence-electron chi connectivity index (χ4n) is 2.76. The van der Waals surface area contributed by atoms with Gasteiger partial charge in [-0.2, -0.15) is 0 Å². The quantitative estimate of drug-likeness (QED) is 0.612. The highest BCUT2D eigenvalue weighted by Crippen LogP contribution is 2.28. The molecule has 164 valence electrons. The summed E-state index contributed by atoms with van der Waals surface area (Å²) in [6, 6.07) is 9.47. The van der Waals surface area contributed by atoms with E-state index in [-0.39, 0.29) is 29.5 Å². The van der Waals surface area contributed by atoms with Crippen LogP contribution in [0.15, 0.2) is 41.3 Å². The van der Waals surface area contributed by atoms with E-state index in [1.807, 2.05) is 0 Å². The molecule has 0 fully saturated rings. The lowest BCUT2D eigenvalue weighted by molar-refractivity contribution is -0.116. The first kappa shape index (κ1) is 24.1. The Morgan fingerprint density at radius 1 is 1.03 bits per heavy atom. The molecule has 0 aliphatic carbocycles.